The summed E-state index contributed by atoms with van der Waals surface area (Å²) in [5.74, 6) is -0.986. The molecule has 0 saturated carbocycles. The predicted octanol–water partition coefficient (Wildman–Crippen LogP) is 6.74. The molecule has 3 aromatic carbocycles. The molecule has 1 aliphatic rings. The summed E-state index contributed by atoms with van der Waals surface area (Å²) in [6.45, 7) is 1.59. The lowest BCUT2D eigenvalue weighted by Gasteiger charge is -2.19. The number of hydrogen-bond acceptors (Lipinski definition) is 5. The average Bonchev–Trinajstić information content (AvgIpc) is 3.12. The number of benzene rings is 3. The summed E-state index contributed by atoms with van der Waals surface area (Å²) in [6, 6.07) is 16.3. The zero-order chi connectivity index (χ0) is 26.7. The van der Waals surface area contributed by atoms with Crippen molar-refractivity contribution in [2.45, 2.75) is 13.1 Å². The van der Waals surface area contributed by atoms with Crippen molar-refractivity contribution in [1.29, 1.82) is 5.41 Å². The summed E-state index contributed by atoms with van der Waals surface area (Å²) < 4.78 is 46.2. The van der Waals surface area contributed by atoms with Gasteiger partial charge in [-0.2, -0.15) is 13.2 Å². The van der Waals surface area contributed by atoms with E-state index in [4.69, 9.17) is 21.7 Å². The zero-order valence-electron chi connectivity index (χ0n) is 19.2. The van der Waals surface area contributed by atoms with Gasteiger partial charge in [0.25, 0.3) is 11.8 Å². The summed E-state index contributed by atoms with van der Waals surface area (Å²) in [5, 5.41) is 10.8. The first kappa shape index (κ1) is 26.3. The van der Waals surface area contributed by atoms with Crippen molar-refractivity contribution in [3.63, 3.8) is 0 Å². The Hall–Kier alpha value is -3.76. The third-order valence-electron chi connectivity index (χ3n) is 5.23. The molecule has 2 amide bonds. The molecule has 0 atom stereocenters. The molecule has 1 fully saturated rings. The number of nitrogens with one attached hydrogen (secondary N) is 2. The molecule has 0 bridgehead atoms. The second kappa shape index (κ2) is 10.7. The van der Waals surface area contributed by atoms with Crippen LogP contribution in [0.25, 0.3) is 6.08 Å². The summed E-state index contributed by atoms with van der Waals surface area (Å²) in [4.78, 5) is 26.1. The molecule has 0 spiro atoms. The number of nitrogens with zero attached hydrogens (tertiary/aromatic N) is 1. The van der Waals surface area contributed by atoms with Gasteiger partial charge in [0.15, 0.2) is 11.8 Å². The standard InChI is InChI=1S/C26H19ClF3N3O3S/c1-15-6-9-18(10-7-15)32-23(34)14-36-21-11-8-17(27)12-16(21)13-22-24(35)33(25(31)37-22)20-5-3-2-4-19(20)26(28,29)30/h2-13,31H,14H2,1H3,(H,32,34)/b22-13-,31-25?. The molecular formula is C26H19ClF3N3O3S. The van der Waals surface area contributed by atoms with E-state index >= 15 is 0 Å². The molecule has 0 aromatic heterocycles. The number of para-hydroxylation sites is 1. The molecule has 0 unspecified atom stereocenters. The van der Waals surface area contributed by atoms with E-state index in [1.54, 1.807) is 12.1 Å². The third kappa shape index (κ3) is 6.15. The second-order valence-corrected chi connectivity index (χ2v) is 9.42. The van der Waals surface area contributed by atoms with Gasteiger partial charge in [-0.1, -0.05) is 41.4 Å². The van der Waals surface area contributed by atoms with E-state index < -0.39 is 29.2 Å². The van der Waals surface area contributed by atoms with Crippen LogP contribution in [0.1, 0.15) is 16.7 Å². The molecule has 1 aliphatic heterocycles. The Morgan fingerprint density at radius 2 is 1.84 bits per heavy atom. The van der Waals surface area contributed by atoms with Crippen molar-refractivity contribution in [2.24, 2.45) is 0 Å². The summed E-state index contributed by atoms with van der Waals surface area (Å²) in [6.07, 6.45) is -3.34. The minimum Gasteiger partial charge on any atom is -0.483 e. The number of anilines is 2. The van der Waals surface area contributed by atoms with Crippen LogP contribution in [0, 0.1) is 12.3 Å². The minimum absolute atomic E-state index is 0.00167. The summed E-state index contributed by atoms with van der Waals surface area (Å²) >= 11 is 6.82. The van der Waals surface area contributed by atoms with E-state index in [0.29, 0.717) is 32.9 Å². The monoisotopic (exact) mass is 545 g/mol. The van der Waals surface area contributed by atoms with Gasteiger partial charge in [0.1, 0.15) is 5.75 Å². The maximum atomic E-state index is 13.5. The highest BCUT2D eigenvalue weighted by atomic mass is 35.5. The first-order valence-electron chi connectivity index (χ1n) is 10.8. The molecule has 4 rings (SSSR count). The SMILES string of the molecule is Cc1ccc(NC(=O)COc2ccc(Cl)cc2/C=C2\SC(=N)N(c3ccccc3C(F)(F)F)C2=O)cc1. The Morgan fingerprint density at radius 1 is 1.14 bits per heavy atom. The minimum atomic E-state index is -4.71. The fraction of sp³-hybridized carbons (Fsp3) is 0.115. The first-order valence-corrected chi connectivity index (χ1v) is 12.0. The van der Waals surface area contributed by atoms with Crippen LogP contribution in [0.4, 0.5) is 24.5 Å². The van der Waals surface area contributed by atoms with Crippen LogP contribution < -0.4 is 15.0 Å². The largest absolute Gasteiger partial charge is 0.483 e. The van der Waals surface area contributed by atoms with Gasteiger partial charge in [0, 0.05) is 16.3 Å². The lowest BCUT2D eigenvalue weighted by molar-refractivity contribution is -0.137. The maximum absolute atomic E-state index is 13.5. The normalized spacial score (nSPS) is 14.8. The van der Waals surface area contributed by atoms with Crippen molar-refractivity contribution in [3.05, 3.63) is 93.3 Å². The van der Waals surface area contributed by atoms with Crippen LogP contribution in [0.15, 0.2) is 71.6 Å². The molecular weight excluding hydrogens is 527 g/mol. The van der Waals surface area contributed by atoms with Crippen molar-refractivity contribution >= 4 is 57.8 Å². The van der Waals surface area contributed by atoms with Crippen LogP contribution in [0.3, 0.4) is 0 Å². The van der Waals surface area contributed by atoms with E-state index in [2.05, 4.69) is 5.32 Å². The number of carbonyl (C=O) groups is 2. The first-order chi connectivity index (χ1) is 17.5. The smallest absolute Gasteiger partial charge is 0.418 e. The second-order valence-electron chi connectivity index (χ2n) is 7.96. The van der Waals surface area contributed by atoms with Crippen LogP contribution in [-0.4, -0.2) is 23.6 Å². The lowest BCUT2D eigenvalue weighted by atomic mass is 10.1. The Labute approximate surface area is 219 Å². The number of rotatable bonds is 6. The van der Waals surface area contributed by atoms with Gasteiger partial charge in [-0.05, 0) is 67.2 Å². The molecule has 37 heavy (non-hydrogen) atoms. The van der Waals surface area contributed by atoms with Gasteiger partial charge < -0.3 is 10.1 Å². The number of halogens is 4. The van der Waals surface area contributed by atoms with E-state index in [1.165, 1.54) is 36.4 Å². The van der Waals surface area contributed by atoms with Crippen LogP contribution in [-0.2, 0) is 15.8 Å². The average molecular weight is 546 g/mol. The van der Waals surface area contributed by atoms with E-state index in [-0.39, 0.29) is 22.4 Å². The highest BCUT2D eigenvalue weighted by molar-refractivity contribution is 8.19. The topological polar surface area (TPSA) is 82.5 Å². The van der Waals surface area contributed by atoms with Crippen LogP contribution in [0.2, 0.25) is 5.02 Å². The number of hydrogen-bond donors (Lipinski definition) is 2. The number of amides is 2. The van der Waals surface area contributed by atoms with Gasteiger partial charge >= 0.3 is 6.18 Å². The summed E-state index contributed by atoms with van der Waals surface area (Å²) in [7, 11) is 0. The van der Waals surface area contributed by atoms with E-state index in [1.807, 2.05) is 19.1 Å². The van der Waals surface area contributed by atoms with Crippen molar-refractivity contribution in [2.75, 3.05) is 16.8 Å². The van der Waals surface area contributed by atoms with Gasteiger partial charge in [-0.25, -0.2) is 0 Å². The lowest BCUT2D eigenvalue weighted by Crippen LogP contribution is -2.30. The Bertz CT molecular complexity index is 1410. The third-order valence-corrected chi connectivity index (χ3v) is 6.35. The molecule has 1 heterocycles. The number of thioether (sulfide) groups is 1. The molecule has 190 valence electrons. The number of alkyl halides is 3. The molecule has 0 aliphatic carbocycles. The zero-order valence-corrected chi connectivity index (χ0v) is 20.8. The molecule has 2 N–H and O–H groups in total. The van der Waals surface area contributed by atoms with Crippen LogP contribution in [0.5, 0.6) is 5.75 Å². The molecule has 1 saturated heterocycles. The molecule has 3 aromatic rings. The van der Waals surface area contributed by atoms with Gasteiger partial charge in [0.05, 0.1) is 16.2 Å². The van der Waals surface area contributed by atoms with Crippen molar-refractivity contribution in [1.82, 2.24) is 0 Å². The fourth-order valence-corrected chi connectivity index (χ4v) is 4.52. The van der Waals surface area contributed by atoms with Crippen molar-refractivity contribution < 1.29 is 27.5 Å². The number of ether oxygens (including phenoxy) is 1. The van der Waals surface area contributed by atoms with Crippen molar-refractivity contribution in [3.8, 4) is 5.75 Å². The maximum Gasteiger partial charge on any atom is 0.418 e. The number of aryl methyl sites for hydroxylation is 1. The highest BCUT2D eigenvalue weighted by Gasteiger charge is 2.40. The quantitative estimate of drug-likeness (QED) is 0.336. The van der Waals surface area contributed by atoms with Crippen LogP contribution >= 0.6 is 23.4 Å². The Morgan fingerprint density at radius 3 is 2.54 bits per heavy atom. The molecule has 0 radical (unpaired) electrons. The van der Waals surface area contributed by atoms with Gasteiger partial charge in [-0.15, -0.1) is 0 Å². The van der Waals surface area contributed by atoms with E-state index in [0.717, 1.165) is 17.7 Å². The Kier molecular flexibility index (Phi) is 7.60. The highest BCUT2D eigenvalue weighted by Crippen LogP contribution is 2.42. The number of carbonyl (C=O) groups excluding carboxylic acids is 2. The number of amidine groups is 1. The molecule has 11 heteroatoms. The van der Waals surface area contributed by atoms with Gasteiger partial charge in [0.2, 0.25) is 0 Å². The fourth-order valence-electron chi connectivity index (χ4n) is 3.50. The summed E-state index contributed by atoms with van der Waals surface area (Å²) in [5.41, 5.74) is 0.507. The van der Waals surface area contributed by atoms with Gasteiger partial charge in [-0.3, -0.25) is 19.9 Å². The van der Waals surface area contributed by atoms with E-state index in [9.17, 15) is 22.8 Å². The Balaban J connectivity index is 1.56. The predicted molar refractivity (Wildman–Crippen MR) is 139 cm³/mol. The molecule has 6 nitrogen and oxygen atoms in total.